The predicted octanol–water partition coefficient (Wildman–Crippen LogP) is 1.70. The van der Waals surface area contributed by atoms with E-state index in [2.05, 4.69) is 28.8 Å². The molecule has 6 heteroatoms. The molecule has 0 aliphatic carbocycles. The Labute approximate surface area is 118 Å². The second-order valence-corrected chi connectivity index (χ2v) is 5.70. The highest BCUT2D eigenvalue weighted by Gasteiger charge is 2.29. The van der Waals surface area contributed by atoms with Crippen molar-refractivity contribution in [3.05, 3.63) is 10.6 Å². The second-order valence-electron chi connectivity index (χ2n) is 4.94. The Bertz CT molecular complexity index is 415. The number of carbonyl (C=O) groups excluding carboxylic acids is 1. The third kappa shape index (κ3) is 3.30. The zero-order valence-electron chi connectivity index (χ0n) is 11.7. The van der Waals surface area contributed by atoms with E-state index in [-0.39, 0.29) is 5.91 Å². The van der Waals surface area contributed by atoms with E-state index in [9.17, 15) is 4.79 Å². The number of aromatic nitrogens is 2. The van der Waals surface area contributed by atoms with Crippen LogP contribution in [0.4, 0.5) is 0 Å². The lowest BCUT2D eigenvalue weighted by Gasteiger charge is -2.27. The number of carbonyl (C=O) groups is 1. The fraction of sp³-hybridized carbons (Fsp3) is 0.769. The average molecular weight is 282 g/mol. The Kier molecular flexibility index (Phi) is 5.27. The molecule has 2 rings (SSSR count). The monoisotopic (exact) mass is 282 g/mol. The molecular weight excluding hydrogens is 260 g/mol. The smallest absolute Gasteiger partial charge is 0.267 e. The van der Waals surface area contributed by atoms with Crippen molar-refractivity contribution in [2.24, 2.45) is 0 Å². The van der Waals surface area contributed by atoms with Crippen LogP contribution in [0.5, 0.6) is 0 Å². The first-order valence-corrected chi connectivity index (χ1v) is 7.88. The molecule has 0 radical (unpaired) electrons. The van der Waals surface area contributed by atoms with E-state index >= 15 is 0 Å². The van der Waals surface area contributed by atoms with E-state index < -0.39 is 0 Å². The van der Waals surface area contributed by atoms with Gasteiger partial charge in [0.1, 0.15) is 4.88 Å². The Morgan fingerprint density at radius 1 is 1.47 bits per heavy atom. The van der Waals surface area contributed by atoms with Crippen molar-refractivity contribution >= 4 is 17.4 Å². The van der Waals surface area contributed by atoms with Gasteiger partial charge in [-0.2, -0.15) is 0 Å². The third-order valence-corrected chi connectivity index (χ3v) is 4.19. The molecule has 1 aliphatic rings. The van der Waals surface area contributed by atoms with Gasteiger partial charge in [0, 0.05) is 19.1 Å². The second kappa shape index (κ2) is 6.96. The lowest BCUT2D eigenvalue weighted by molar-refractivity contribution is 0.0696. The Morgan fingerprint density at radius 2 is 2.32 bits per heavy atom. The maximum Gasteiger partial charge on any atom is 0.267 e. The number of rotatable bonds is 6. The quantitative estimate of drug-likeness (QED) is 0.863. The normalized spacial score (nSPS) is 18.7. The largest absolute Gasteiger partial charge is 0.334 e. The molecule has 1 N–H and O–H groups in total. The van der Waals surface area contributed by atoms with Crippen molar-refractivity contribution in [3.8, 4) is 0 Å². The molecule has 0 saturated carbocycles. The molecule has 5 nitrogen and oxygen atoms in total. The Balaban J connectivity index is 2.15. The van der Waals surface area contributed by atoms with Crippen LogP contribution in [-0.2, 0) is 6.42 Å². The summed E-state index contributed by atoms with van der Waals surface area (Å²) in [4.78, 5) is 15.5. The fourth-order valence-corrected chi connectivity index (χ4v) is 3.16. The maximum atomic E-state index is 12.7. The van der Waals surface area contributed by atoms with Crippen LogP contribution in [0, 0.1) is 0 Å². The van der Waals surface area contributed by atoms with Gasteiger partial charge >= 0.3 is 0 Å². The zero-order valence-corrected chi connectivity index (χ0v) is 12.5. The van der Waals surface area contributed by atoms with Gasteiger partial charge in [0.15, 0.2) is 0 Å². The highest BCUT2D eigenvalue weighted by atomic mass is 32.1. The highest BCUT2D eigenvalue weighted by molar-refractivity contribution is 7.08. The topological polar surface area (TPSA) is 58.1 Å². The zero-order chi connectivity index (χ0) is 13.7. The van der Waals surface area contributed by atoms with Crippen molar-refractivity contribution < 1.29 is 4.79 Å². The Hall–Kier alpha value is -1.01. The van der Waals surface area contributed by atoms with Crippen LogP contribution in [0.2, 0.25) is 0 Å². The van der Waals surface area contributed by atoms with Crippen LogP contribution in [0.25, 0.3) is 0 Å². The molecule has 2 heterocycles. The minimum atomic E-state index is 0.119. The molecule has 1 amide bonds. The van der Waals surface area contributed by atoms with Gasteiger partial charge in [-0.05, 0) is 37.3 Å². The number of aryl methyl sites for hydroxylation is 1. The van der Waals surface area contributed by atoms with Crippen molar-refractivity contribution in [3.63, 3.8) is 0 Å². The van der Waals surface area contributed by atoms with E-state index in [4.69, 9.17) is 0 Å². The van der Waals surface area contributed by atoms with E-state index in [1.165, 1.54) is 11.5 Å². The summed E-state index contributed by atoms with van der Waals surface area (Å²) in [6, 6.07) is 0.323. The summed E-state index contributed by atoms with van der Waals surface area (Å²) in [7, 11) is 0. The molecule has 106 valence electrons. The van der Waals surface area contributed by atoms with Gasteiger partial charge in [-0.25, -0.2) is 0 Å². The fourth-order valence-electron chi connectivity index (χ4n) is 2.50. The molecule has 1 aliphatic heterocycles. The molecule has 1 saturated heterocycles. The van der Waals surface area contributed by atoms with Gasteiger partial charge in [-0.15, -0.1) is 5.10 Å². The summed E-state index contributed by atoms with van der Waals surface area (Å²) in [5, 5.41) is 7.43. The summed E-state index contributed by atoms with van der Waals surface area (Å²) in [6.07, 6.45) is 3.85. The maximum absolute atomic E-state index is 12.7. The number of amides is 1. The number of hydrogen-bond acceptors (Lipinski definition) is 5. The van der Waals surface area contributed by atoms with Crippen LogP contribution in [0.1, 0.15) is 48.5 Å². The van der Waals surface area contributed by atoms with Crippen LogP contribution in [0.15, 0.2) is 0 Å². The van der Waals surface area contributed by atoms with E-state index in [0.717, 1.165) is 55.9 Å². The molecule has 1 fully saturated rings. The molecule has 1 aromatic rings. The standard InChI is InChI=1S/C13H22N4OS/c1-3-5-11-12(19-16-15-11)13(18)17(8-4-2)10-6-7-14-9-10/h10,14H,3-9H2,1-2H3. The molecule has 19 heavy (non-hydrogen) atoms. The first kappa shape index (κ1) is 14.4. The molecule has 0 aromatic carbocycles. The average Bonchev–Trinajstić information content (AvgIpc) is 3.06. The molecule has 0 bridgehead atoms. The molecule has 1 aromatic heterocycles. The van der Waals surface area contributed by atoms with E-state index in [1.807, 2.05) is 4.90 Å². The van der Waals surface area contributed by atoms with Gasteiger partial charge in [-0.1, -0.05) is 24.8 Å². The summed E-state index contributed by atoms with van der Waals surface area (Å²) >= 11 is 1.24. The van der Waals surface area contributed by atoms with Crippen molar-refractivity contribution in [2.75, 3.05) is 19.6 Å². The first-order chi connectivity index (χ1) is 9.27. The lowest BCUT2D eigenvalue weighted by atomic mass is 10.1. The van der Waals surface area contributed by atoms with Gasteiger partial charge in [0.05, 0.1) is 5.69 Å². The first-order valence-electron chi connectivity index (χ1n) is 7.10. The van der Waals surface area contributed by atoms with Gasteiger partial charge in [0.25, 0.3) is 5.91 Å². The van der Waals surface area contributed by atoms with Crippen LogP contribution in [0.3, 0.4) is 0 Å². The number of nitrogens with zero attached hydrogens (tertiary/aromatic N) is 3. The Morgan fingerprint density at radius 3 is 2.95 bits per heavy atom. The van der Waals surface area contributed by atoms with Crippen LogP contribution < -0.4 is 5.32 Å². The van der Waals surface area contributed by atoms with Crippen molar-refractivity contribution in [1.29, 1.82) is 0 Å². The molecule has 1 unspecified atom stereocenters. The van der Waals surface area contributed by atoms with Crippen LogP contribution in [-0.4, -0.2) is 46.1 Å². The van der Waals surface area contributed by atoms with Gasteiger partial charge in [-0.3, -0.25) is 4.79 Å². The van der Waals surface area contributed by atoms with Crippen molar-refractivity contribution in [2.45, 2.75) is 45.6 Å². The predicted molar refractivity (Wildman–Crippen MR) is 76.5 cm³/mol. The van der Waals surface area contributed by atoms with Gasteiger partial charge < -0.3 is 10.2 Å². The minimum Gasteiger partial charge on any atom is -0.334 e. The van der Waals surface area contributed by atoms with Gasteiger partial charge in [0.2, 0.25) is 0 Å². The summed E-state index contributed by atoms with van der Waals surface area (Å²) in [6.45, 7) is 6.93. The number of nitrogens with one attached hydrogen (secondary N) is 1. The summed E-state index contributed by atoms with van der Waals surface area (Å²) < 4.78 is 3.96. The molecule has 1 atom stereocenters. The summed E-state index contributed by atoms with van der Waals surface area (Å²) in [5.41, 5.74) is 0.865. The van der Waals surface area contributed by atoms with Crippen molar-refractivity contribution in [1.82, 2.24) is 19.8 Å². The van der Waals surface area contributed by atoms with E-state index in [1.54, 1.807) is 0 Å². The summed E-state index contributed by atoms with van der Waals surface area (Å²) in [5.74, 6) is 0.119. The van der Waals surface area contributed by atoms with E-state index in [0.29, 0.717) is 6.04 Å². The third-order valence-electron chi connectivity index (χ3n) is 3.44. The van der Waals surface area contributed by atoms with Crippen LogP contribution >= 0.6 is 11.5 Å². The molecular formula is C13H22N4OS. The minimum absolute atomic E-state index is 0.119. The number of hydrogen-bond donors (Lipinski definition) is 1. The SMILES string of the molecule is CCCc1nnsc1C(=O)N(CCC)C1CCNC1. The lowest BCUT2D eigenvalue weighted by Crippen LogP contribution is -2.42. The highest BCUT2D eigenvalue weighted by Crippen LogP contribution is 2.19. The molecule has 0 spiro atoms.